The summed E-state index contributed by atoms with van der Waals surface area (Å²) in [5, 5.41) is 4.87. The summed E-state index contributed by atoms with van der Waals surface area (Å²) >= 11 is 1.97. The maximum Gasteiger partial charge on any atom is 0.246 e. The highest BCUT2D eigenvalue weighted by Gasteiger charge is 2.43. The third kappa shape index (κ3) is 3.14. The van der Waals surface area contributed by atoms with Crippen molar-refractivity contribution in [3.05, 3.63) is 11.7 Å². The van der Waals surface area contributed by atoms with E-state index >= 15 is 0 Å². The highest BCUT2D eigenvalue weighted by Crippen LogP contribution is 2.43. The Bertz CT molecular complexity index is 422. The number of hydrogen-bond acceptors (Lipinski definition) is 5. The minimum atomic E-state index is -0.430. The molecule has 2 N–H and O–H groups in total. The first-order valence-corrected chi connectivity index (χ1v) is 8.44. The van der Waals surface area contributed by atoms with E-state index in [0.717, 1.165) is 16.8 Å². The Kier molecular flexibility index (Phi) is 3.85. The Morgan fingerprint density at radius 1 is 1.26 bits per heavy atom. The van der Waals surface area contributed by atoms with Crippen LogP contribution < -0.4 is 5.73 Å². The van der Waals surface area contributed by atoms with Crippen molar-refractivity contribution in [2.45, 2.75) is 68.4 Å². The van der Waals surface area contributed by atoms with E-state index in [1.165, 1.54) is 44.9 Å². The third-order valence-corrected chi connectivity index (χ3v) is 5.72. The third-order valence-electron chi connectivity index (χ3n) is 4.35. The van der Waals surface area contributed by atoms with Crippen LogP contribution in [-0.2, 0) is 11.3 Å². The SMILES string of the molecule is CC(N)(c1nc(CSC2CCCCC2)no1)C1CC1. The normalized spacial score (nSPS) is 24.3. The van der Waals surface area contributed by atoms with Gasteiger partial charge in [0.15, 0.2) is 5.82 Å². The number of rotatable bonds is 5. The van der Waals surface area contributed by atoms with E-state index in [-0.39, 0.29) is 0 Å². The predicted octanol–water partition coefficient (Wildman–Crippen LogP) is 3.22. The van der Waals surface area contributed by atoms with Crippen LogP contribution in [0.25, 0.3) is 0 Å². The molecule has 0 spiro atoms. The van der Waals surface area contributed by atoms with E-state index in [1.54, 1.807) is 0 Å². The molecular formula is C14H23N3OS. The summed E-state index contributed by atoms with van der Waals surface area (Å²) in [6.07, 6.45) is 9.19. The molecule has 1 atom stereocenters. The lowest BCUT2D eigenvalue weighted by atomic mass is 9.97. The molecule has 2 aliphatic rings. The van der Waals surface area contributed by atoms with Crippen molar-refractivity contribution in [2.24, 2.45) is 11.7 Å². The van der Waals surface area contributed by atoms with Gasteiger partial charge < -0.3 is 10.3 Å². The largest absolute Gasteiger partial charge is 0.337 e. The van der Waals surface area contributed by atoms with E-state index in [2.05, 4.69) is 10.1 Å². The molecule has 106 valence electrons. The van der Waals surface area contributed by atoms with Gasteiger partial charge in [-0.1, -0.05) is 24.4 Å². The quantitative estimate of drug-likeness (QED) is 0.897. The zero-order valence-electron chi connectivity index (χ0n) is 11.6. The van der Waals surface area contributed by atoms with Crippen LogP contribution in [0, 0.1) is 5.92 Å². The van der Waals surface area contributed by atoms with Crippen LogP contribution in [0.4, 0.5) is 0 Å². The first kappa shape index (κ1) is 13.4. The Morgan fingerprint density at radius 3 is 2.68 bits per heavy atom. The summed E-state index contributed by atoms with van der Waals surface area (Å²) < 4.78 is 5.37. The molecule has 0 radical (unpaired) electrons. The minimum Gasteiger partial charge on any atom is -0.337 e. The van der Waals surface area contributed by atoms with Gasteiger partial charge in [-0.2, -0.15) is 16.7 Å². The van der Waals surface area contributed by atoms with Crippen LogP contribution in [0.2, 0.25) is 0 Å². The summed E-state index contributed by atoms with van der Waals surface area (Å²) in [6.45, 7) is 2.01. The lowest BCUT2D eigenvalue weighted by Crippen LogP contribution is -2.35. The fourth-order valence-corrected chi connectivity index (χ4v) is 3.98. The minimum absolute atomic E-state index is 0.430. The van der Waals surface area contributed by atoms with Gasteiger partial charge >= 0.3 is 0 Å². The van der Waals surface area contributed by atoms with Crippen LogP contribution in [0.1, 0.15) is 63.6 Å². The van der Waals surface area contributed by atoms with Crippen molar-refractivity contribution >= 4 is 11.8 Å². The van der Waals surface area contributed by atoms with Crippen LogP contribution in [0.15, 0.2) is 4.52 Å². The van der Waals surface area contributed by atoms with E-state index in [0.29, 0.717) is 11.8 Å². The van der Waals surface area contributed by atoms with Gasteiger partial charge in [0.25, 0.3) is 0 Å². The van der Waals surface area contributed by atoms with Crippen LogP contribution in [-0.4, -0.2) is 15.4 Å². The molecule has 1 unspecified atom stereocenters. The first-order chi connectivity index (χ1) is 9.16. The summed E-state index contributed by atoms with van der Waals surface area (Å²) in [5.41, 5.74) is 5.86. The van der Waals surface area contributed by atoms with Crippen molar-refractivity contribution in [1.82, 2.24) is 10.1 Å². The monoisotopic (exact) mass is 281 g/mol. The van der Waals surface area contributed by atoms with Crippen molar-refractivity contribution in [1.29, 1.82) is 0 Å². The average Bonchev–Trinajstić information content (AvgIpc) is 3.17. The Hall–Kier alpha value is -0.550. The van der Waals surface area contributed by atoms with Gasteiger partial charge in [-0.3, -0.25) is 0 Å². The van der Waals surface area contributed by atoms with Crippen LogP contribution in [0.5, 0.6) is 0 Å². The predicted molar refractivity (Wildman–Crippen MR) is 76.7 cm³/mol. The van der Waals surface area contributed by atoms with Crippen molar-refractivity contribution < 1.29 is 4.52 Å². The van der Waals surface area contributed by atoms with Crippen molar-refractivity contribution in [2.75, 3.05) is 0 Å². The summed E-state index contributed by atoms with van der Waals surface area (Å²) in [6, 6.07) is 0. The zero-order valence-corrected chi connectivity index (χ0v) is 12.4. The van der Waals surface area contributed by atoms with E-state index in [1.807, 2.05) is 18.7 Å². The number of nitrogens with two attached hydrogens (primary N) is 1. The molecule has 2 saturated carbocycles. The molecule has 0 aliphatic heterocycles. The Labute approximate surface area is 118 Å². The van der Waals surface area contributed by atoms with E-state index in [4.69, 9.17) is 10.3 Å². The van der Waals surface area contributed by atoms with Gasteiger partial charge in [0.1, 0.15) is 0 Å². The number of nitrogens with zero attached hydrogens (tertiary/aromatic N) is 2. The van der Waals surface area contributed by atoms with E-state index in [9.17, 15) is 0 Å². The fraction of sp³-hybridized carbons (Fsp3) is 0.857. The summed E-state index contributed by atoms with van der Waals surface area (Å²) in [7, 11) is 0. The Balaban J connectivity index is 1.55. The molecule has 1 aromatic rings. The zero-order chi connectivity index (χ0) is 13.3. The lowest BCUT2D eigenvalue weighted by Gasteiger charge is -2.20. The molecule has 1 heterocycles. The van der Waals surface area contributed by atoms with Gasteiger partial charge in [-0.05, 0) is 38.5 Å². The van der Waals surface area contributed by atoms with Gasteiger partial charge in [-0.25, -0.2) is 0 Å². The van der Waals surface area contributed by atoms with Crippen molar-refractivity contribution in [3.8, 4) is 0 Å². The lowest BCUT2D eigenvalue weighted by molar-refractivity contribution is 0.272. The van der Waals surface area contributed by atoms with Gasteiger partial charge in [-0.15, -0.1) is 0 Å². The van der Waals surface area contributed by atoms with Crippen molar-refractivity contribution in [3.63, 3.8) is 0 Å². The molecule has 4 nitrogen and oxygen atoms in total. The highest BCUT2D eigenvalue weighted by atomic mass is 32.2. The molecule has 19 heavy (non-hydrogen) atoms. The summed E-state index contributed by atoms with van der Waals surface area (Å²) in [5.74, 6) is 2.80. The molecule has 0 bridgehead atoms. The second-order valence-corrected chi connectivity index (χ2v) is 7.43. The molecule has 1 aromatic heterocycles. The van der Waals surface area contributed by atoms with Gasteiger partial charge in [0.05, 0.1) is 11.3 Å². The molecule has 0 amide bonds. The molecule has 0 aromatic carbocycles. The highest BCUT2D eigenvalue weighted by molar-refractivity contribution is 7.99. The second kappa shape index (κ2) is 5.44. The maximum atomic E-state index is 6.29. The summed E-state index contributed by atoms with van der Waals surface area (Å²) in [4.78, 5) is 4.50. The fourth-order valence-electron chi connectivity index (χ4n) is 2.81. The number of aromatic nitrogens is 2. The first-order valence-electron chi connectivity index (χ1n) is 7.40. The standard InChI is InChI=1S/C14H23N3OS/c1-14(15,10-7-8-10)13-16-12(17-18-13)9-19-11-5-3-2-4-6-11/h10-11H,2-9,15H2,1H3. The molecule has 2 fully saturated rings. The molecule has 5 heteroatoms. The maximum absolute atomic E-state index is 6.29. The van der Waals surface area contributed by atoms with E-state index < -0.39 is 5.54 Å². The Morgan fingerprint density at radius 2 is 2.00 bits per heavy atom. The molecule has 0 saturated heterocycles. The van der Waals surface area contributed by atoms with Crippen LogP contribution in [0.3, 0.4) is 0 Å². The molecule has 2 aliphatic carbocycles. The van der Waals surface area contributed by atoms with Crippen LogP contribution >= 0.6 is 11.8 Å². The molecular weight excluding hydrogens is 258 g/mol. The second-order valence-electron chi connectivity index (χ2n) is 6.14. The number of hydrogen-bond donors (Lipinski definition) is 1. The average molecular weight is 281 g/mol. The molecule has 3 rings (SSSR count). The topological polar surface area (TPSA) is 64.9 Å². The smallest absolute Gasteiger partial charge is 0.246 e. The number of thioether (sulfide) groups is 1. The van der Waals surface area contributed by atoms with Gasteiger partial charge in [0.2, 0.25) is 5.89 Å². The van der Waals surface area contributed by atoms with Gasteiger partial charge in [0, 0.05) is 5.25 Å².